The number of alkyl halides is 3. The van der Waals surface area contributed by atoms with E-state index in [0.717, 1.165) is 0 Å². The zero-order valence-corrected chi connectivity index (χ0v) is 17.2. The van der Waals surface area contributed by atoms with E-state index in [2.05, 4.69) is 21.2 Å². The van der Waals surface area contributed by atoms with Gasteiger partial charge in [0.15, 0.2) is 0 Å². The Morgan fingerprint density at radius 1 is 1.34 bits per heavy atom. The van der Waals surface area contributed by atoms with Gasteiger partial charge in [0.05, 0.1) is 21.6 Å². The van der Waals surface area contributed by atoms with Crippen LogP contribution in [-0.2, 0) is 22.3 Å². The molecule has 0 bridgehead atoms. The Labute approximate surface area is 177 Å². The molecule has 1 heterocycles. The van der Waals surface area contributed by atoms with E-state index < -0.39 is 40.7 Å². The van der Waals surface area contributed by atoms with Crippen LogP contribution in [0.15, 0.2) is 28.7 Å². The monoisotopic (exact) mass is 491 g/mol. The van der Waals surface area contributed by atoms with Crippen molar-refractivity contribution in [1.82, 2.24) is 9.88 Å². The van der Waals surface area contributed by atoms with Gasteiger partial charge in [-0.15, -0.1) is 0 Å². The molecule has 0 saturated carbocycles. The Balaban J connectivity index is 2.56. The first-order valence-corrected chi connectivity index (χ1v) is 9.29. The quantitative estimate of drug-likeness (QED) is 0.629. The highest BCUT2D eigenvalue weighted by Crippen LogP contribution is 2.43. The number of carbonyl (C=O) groups excluding carboxylic acids is 1. The summed E-state index contributed by atoms with van der Waals surface area (Å²) in [4.78, 5) is 23.1. The molecule has 1 atom stereocenters. The van der Waals surface area contributed by atoms with Crippen LogP contribution in [0.25, 0.3) is 11.3 Å². The van der Waals surface area contributed by atoms with Crippen LogP contribution in [0.1, 0.15) is 18.2 Å². The molecule has 154 valence electrons. The summed E-state index contributed by atoms with van der Waals surface area (Å²) in [5, 5.41) is 20.9. The molecule has 1 unspecified atom stereocenters. The van der Waals surface area contributed by atoms with E-state index in [9.17, 15) is 28.0 Å². The predicted molar refractivity (Wildman–Crippen MR) is 102 cm³/mol. The molecule has 6 nitrogen and oxygen atoms in total. The van der Waals surface area contributed by atoms with Crippen LogP contribution in [0, 0.1) is 17.2 Å². The summed E-state index contributed by atoms with van der Waals surface area (Å²) in [6, 6.07) is 7.51. The molecule has 0 aliphatic heterocycles. The zero-order chi connectivity index (χ0) is 21.9. The summed E-state index contributed by atoms with van der Waals surface area (Å²) in [6.07, 6.45) is -4.86. The average Bonchev–Trinajstić information content (AvgIpc) is 2.91. The van der Waals surface area contributed by atoms with Gasteiger partial charge in [-0.05, 0) is 33.6 Å². The Morgan fingerprint density at radius 3 is 2.41 bits per heavy atom. The van der Waals surface area contributed by atoms with Crippen molar-refractivity contribution < 1.29 is 27.9 Å². The van der Waals surface area contributed by atoms with Crippen molar-refractivity contribution in [2.75, 3.05) is 6.54 Å². The third-order valence-electron chi connectivity index (χ3n) is 4.03. The molecule has 11 heteroatoms. The summed E-state index contributed by atoms with van der Waals surface area (Å²) < 4.78 is 41.3. The van der Waals surface area contributed by atoms with Gasteiger partial charge in [0.25, 0.3) is 0 Å². The van der Waals surface area contributed by atoms with Crippen molar-refractivity contribution in [3.05, 3.63) is 45.0 Å². The lowest BCUT2D eigenvalue weighted by Crippen LogP contribution is -2.34. The van der Waals surface area contributed by atoms with Crippen LogP contribution in [0.4, 0.5) is 13.2 Å². The Hall–Kier alpha value is -2.51. The Kier molecular flexibility index (Phi) is 6.97. The van der Waals surface area contributed by atoms with Crippen LogP contribution < -0.4 is 5.32 Å². The lowest BCUT2D eigenvalue weighted by atomic mass is 10.1. The minimum Gasteiger partial charge on any atom is -0.481 e. The van der Waals surface area contributed by atoms with E-state index in [4.69, 9.17) is 16.7 Å². The second kappa shape index (κ2) is 8.88. The predicted octanol–water partition coefficient (Wildman–Crippen LogP) is 4.30. The van der Waals surface area contributed by atoms with Gasteiger partial charge in [-0.25, -0.2) is 0 Å². The third-order valence-corrected chi connectivity index (χ3v) is 5.05. The summed E-state index contributed by atoms with van der Waals surface area (Å²) >= 11 is 8.66. The molecule has 0 aliphatic carbocycles. The van der Waals surface area contributed by atoms with Gasteiger partial charge < -0.3 is 15.0 Å². The Bertz CT molecular complexity index is 981. The number of carboxylic acid groups (broad SMARTS) is 1. The maximum absolute atomic E-state index is 13.7. The Morgan fingerprint density at radius 2 is 1.93 bits per heavy atom. The standard InChI is InChI=1S/C18H14BrClF3N3O3/c1-9(17(28)29)7-25-13(27)8-26-15(10-2-4-11(20)5-3-10)12(6-24)14(19)16(26)18(21,22)23/h2-5,9H,7-8H2,1H3,(H,25,27)(H,28,29). The molecule has 2 N–H and O–H groups in total. The van der Waals surface area contributed by atoms with Gasteiger partial charge in [-0.2, -0.15) is 18.4 Å². The van der Waals surface area contributed by atoms with Crippen molar-refractivity contribution in [3.63, 3.8) is 0 Å². The highest BCUT2D eigenvalue weighted by molar-refractivity contribution is 9.10. The fourth-order valence-electron chi connectivity index (χ4n) is 2.59. The first-order chi connectivity index (χ1) is 13.5. The average molecular weight is 493 g/mol. The summed E-state index contributed by atoms with van der Waals surface area (Å²) in [6.45, 7) is 0.335. The number of halogens is 5. The van der Waals surface area contributed by atoms with E-state index in [1.165, 1.54) is 31.2 Å². The number of benzene rings is 1. The van der Waals surface area contributed by atoms with Gasteiger partial charge in [-0.1, -0.05) is 30.7 Å². The lowest BCUT2D eigenvalue weighted by molar-refractivity contribution is -0.144. The third kappa shape index (κ3) is 5.10. The molecule has 0 spiro atoms. The summed E-state index contributed by atoms with van der Waals surface area (Å²) in [5.74, 6) is -2.90. The first kappa shape index (κ1) is 22.8. The number of nitrogens with zero attached hydrogens (tertiary/aromatic N) is 2. The normalized spacial score (nSPS) is 12.3. The largest absolute Gasteiger partial charge is 0.481 e. The number of amides is 1. The van der Waals surface area contributed by atoms with Crippen molar-refractivity contribution >= 4 is 39.4 Å². The number of hydrogen-bond acceptors (Lipinski definition) is 3. The lowest BCUT2D eigenvalue weighted by Gasteiger charge is -2.16. The van der Waals surface area contributed by atoms with Crippen molar-refractivity contribution in [2.24, 2.45) is 5.92 Å². The van der Waals surface area contributed by atoms with E-state index in [1.807, 2.05) is 0 Å². The smallest absolute Gasteiger partial charge is 0.432 e. The van der Waals surface area contributed by atoms with Crippen molar-refractivity contribution in [3.8, 4) is 17.3 Å². The number of carbonyl (C=O) groups is 2. The molecule has 1 aromatic carbocycles. The minimum atomic E-state index is -4.86. The topological polar surface area (TPSA) is 95.1 Å². The maximum atomic E-state index is 13.7. The highest BCUT2D eigenvalue weighted by atomic mass is 79.9. The summed E-state index contributed by atoms with van der Waals surface area (Å²) in [5.41, 5.74) is -1.33. The van der Waals surface area contributed by atoms with Gasteiger partial charge >= 0.3 is 12.1 Å². The molecule has 29 heavy (non-hydrogen) atoms. The highest BCUT2D eigenvalue weighted by Gasteiger charge is 2.41. The molecule has 2 rings (SSSR count). The SMILES string of the molecule is CC(CNC(=O)Cn1c(-c2ccc(Cl)cc2)c(C#N)c(Br)c1C(F)(F)F)C(=O)O. The molecule has 0 aliphatic rings. The van der Waals surface area contributed by atoms with Crippen LogP contribution in [0.3, 0.4) is 0 Å². The number of aliphatic carboxylic acids is 1. The molecule has 1 aromatic heterocycles. The minimum absolute atomic E-state index is 0.107. The maximum Gasteiger partial charge on any atom is 0.432 e. The fourth-order valence-corrected chi connectivity index (χ4v) is 3.43. The molecular formula is C18H14BrClF3N3O3. The van der Waals surface area contributed by atoms with Crippen LogP contribution in [0.2, 0.25) is 5.02 Å². The van der Waals surface area contributed by atoms with Crippen molar-refractivity contribution in [2.45, 2.75) is 19.6 Å². The van der Waals surface area contributed by atoms with E-state index in [-0.39, 0.29) is 23.4 Å². The second-order valence-corrected chi connectivity index (χ2v) is 7.36. The first-order valence-electron chi connectivity index (χ1n) is 8.12. The van der Waals surface area contributed by atoms with Gasteiger partial charge in [0.1, 0.15) is 18.3 Å². The molecule has 1 amide bonds. The van der Waals surface area contributed by atoms with E-state index in [1.54, 1.807) is 6.07 Å². The number of hydrogen-bond donors (Lipinski definition) is 2. The number of aromatic nitrogens is 1. The fraction of sp³-hybridized carbons (Fsp3) is 0.278. The number of carboxylic acids is 1. The van der Waals surface area contributed by atoms with E-state index in [0.29, 0.717) is 9.59 Å². The van der Waals surface area contributed by atoms with Gasteiger partial charge in [0, 0.05) is 11.6 Å². The van der Waals surface area contributed by atoms with Gasteiger partial charge in [0.2, 0.25) is 5.91 Å². The summed E-state index contributed by atoms with van der Waals surface area (Å²) in [7, 11) is 0. The number of nitriles is 1. The van der Waals surface area contributed by atoms with E-state index >= 15 is 0 Å². The molecular weight excluding hydrogens is 479 g/mol. The molecule has 2 aromatic rings. The number of rotatable bonds is 6. The molecule has 0 radical (unpaired) electrons. The molecule has 0 saturated heterocycles. The van der Waals surface area contributed by atoms with Crippen LogP contribution in [-0.4, -0.2) is 28.1 Å². The zero-order valence-electron chi connectivity index (χ0n) is 14.8. The van der Waals surface area contributed by atoms with Crippen molar-refractivity contribution in [1.29, 1.82) is 5.26 Å². The van der Waals surface area contributed by atoms with Crippen LogP contribution in [0.5, 0.6) is 0 Å². The van der Waals surface area contributed by atoms with Crippen LogP contribution >= 0.6 is 27.5 Å². The molecule has 0 fully saturated rings. The number of nitrogens with one attached hydrogen (secondary N) is 1. The van der Waals surface area contributed by atoms with Gasteiger partial charge in [-0.3, -0.25) is 9.59 Å². The second-order valence-electron chi connectivity index (χ2n) is 6.13.